The molecular formula is C21H14ClF3N8O2S. The summed E-state index contributed by atoms with van der Waals surface area (Å²) in [6.45, 7) is 1.65. The highest BCUT2D eigenvalue weighted by Crippen LogP contribution is 2.35. The van der Waals surface area contributed by atoms with E-state index in [1.165, 1.54) is 24.9 Å². The molecule has 36 heavy (non-hydrogen) atoms. The molecule has 4 rings (SSSR count). The number of halogens is 4. The lowest BCUT2D eigenvalue weighted by atomic mass is 10.2. The van der Waals surface area contributed by atoms with Gasteiger partial charge in [-0.25, -0.2) is 29.9 Å². The molecule has 4 aromatic rings. The Labute approximate surface area is 210 Å². The molecule has 0 bridgehead atoms. The van der Waals surface area contributed by atoms with Gasteiger partial charge < -0.3 is 10.6 Å². The number of rotatable bonds is 6. The molecule has 0 saturated carbocycles. The van der Waals surface area contributed by atoms with E-state index in [1.54, 1.807) is 19.3 Å². The molecule has 15 heteroatoms. The number of nitrogens with one attached hydrogen (secondary N) is 2. The lowest BCUT2D eigenvalue weighted by molar-refractivity contribution is -0.137. The summed E-state index contributed by atoms with van der Waals surface area (Å²) in [5.74, 6) is -1.55. The lowest BCUT2D eigenvalue weighted by Crippen LogP contribution is -2.27. The van der Waals surface area contributed by atoms with Gasteiger partial charge in [0.1, 0.15) is 34.1 Å². The second-order valence-corrected chi connectivity index (χ2v) is 8.64. The molecule has 0 saturated heterocycles. The van der Waals surface area contributed by atoms with Gasteiger partial charge in [0.2, 0.25) is 0 Å². The van der Waals surface area contributed by atoms with Crippen molar-refractivity contribution in [2.45, 2.75) is 19.1 Å². The maximum absolute atomic E-state index is 13.0. The van der Waals surface area contributed by atoms with Crippen molar-refractivity contribution in [1.29, 1.82) is 0 Å². The summed E-state index contributed by atoms with van der Waals surface area (Å²) in [4.78, 5) is 49.0. The predicted octanol–water partition coefficient (Wildman–Crippen LogP) is 4.20. The van der Waals surface area contributed by atoms with E-state index in [-0.39, 0.29) is 16.4 Å². The van der Waals surface area contributed by atoms with E-state index >= 15 is 0 Å². The van der Waals surface area contributed by atoms with Crippen LogP contribution in [-0.4, -0.2) is 41.7 Å². The first-order chi connectivity index (χ1) is 17.1. The minimum atomic E-state index is -4.70. The molecule has 1 atom stereocenters. The molecule has 0 spiro atoms. The van der Waals surface area contributed by atoms with Crippen LogP contribution in [0, 0.1) is 0 Å². The molecular weight excluding hydrogens is 521 g/mol. The van der Waals surface area contributed by atoms with Gasteiger partial charge in [0.15, 0.2) is 0 Å². The van der Waals surface area contributed by atoms with Crippen molar-refractivity contribution in [3.63, 3.8) is 0 Å². The molecule has 0 aliphatic rings. The van der Waals surface area contributed by atoms with Gasteiger partial charge in [0.25, 0.3) is 11.8 Å². The van der Waals surface area contributed by atoms with Crippen molar-refractivity contribution in [3.8, 4) is 11.3 Å². The van der Waals surface area contributed by atoms with Crippen LogP contribution in [-0.2, 0) is 6.18 Å². The Bertz CT molecular complexity index is 1420. The van der Waals surface area contributed by atoms with Gasteiger partial charge in [-0.05, 0) is 19.1 Å². The fourth-order valence-electron chi connectivity index (χ4n) is 2.90. The van der Waals surface area contributed by atoms with Crippen LogP contribution in [0.2, 0.25) is 5.02 Å². The van der Waals surface area contributed by atoms with Crippen molar-refractivity contribution in [2.24, 2.45) is 0 Å². The summed E-state index contributed by atoms with van der Waals surface area (Å²) in [5.41, 5.74) is 0.0409. The summed E-state index contributed by atoms with van der Waals surface area (Å²) in [6.07, 6.45) is 3.05. The smallest absolute Gasteiger partial charge is 0.342 e. The Balaban J connectivity index is 1.43. The highest BCUT2D eigenvalue weighted by Gasteiger charge is 2.34. The maximum atomic E-state index is 13.0. The third kappa shape index (κ3) is 5.78. The van der Waals surface area contributed by atoms with Crippen LogP contribution in [0.5, 0.6) is 0 Å². The molecule has 2 amide bonds. The molecule has 184 valence electrons. The molecule has 2 N–H and O–H groups in total. The van der Waals surface area contributed by atoms with Gasteiger partial charge in [-0.2, -0.15) is 13.2 Å². The fourth-order valence-corrected chi connectivity index (χ4v) is 3.92. The first kappa shape index (κ1) is 25.1. The number of nitrogens with zero attached hydrogens (tertiary/aromatic N) is 6. The summed E-state index contributed by atoms with van der Waals surface area (Å²) < 4.78 is 39.1. The monoisotopic (exact) mass is 534 g/mol. The number of hydrogen-bond acceptors (Lipinski definition) is 9. The van der Waals surface area contributed by atoms with Gasteiger partial charge in [-0.3, -0.25) is 9.59 Å². The predicted molar refractivity (Wildman–Crippen MR) is 123 cm³/mol. The number of pyridine rings is 1. The highest BCUT2D eigenvalue weighted by atomic mass is 35.5. The maximum Gasteiger partial charge on any atom is 0.418 e. The lowest BCUT2D eigenvalue weighted by Gasteiger charge is -2.11. The molecule has 0 aliphatic heterocycles. The topological polar surface area (TPSA) is 136 Å². The van der Waals surface area contributed by atoms with Gasteiger partial charge >= 0.3 is 6.18 Å². The fraction of sp³-hybridized carbons (Fsp3) is 0.143. The second-order valence-electron chi connectivity index (χ2n) is 7.17. The SMILES string of the molecule is CC(NC(=O)c1cc(-c2cncnc2)ncn1)c1ncc(C(=O)Nc2cc(C(F)(F)F)c(Cl)cn2)s1. The minimum absolute atomic E-state index is 0.0968. The number of alkyl halides is 3. The molecule has 10 nitrogen and oxygen atoms in total. The Morgan fingerprint density at radius 1 is 0.972 bits per heavy atom. The van der Waals surface area contributed by atoms with Crippen molar-refractivity contribution in [1.82, 2.24) is 35.2 Å². The number of amides is 2. The van der Waals surface area contributed by atoms with Crippen LogP contribution < -0.4 is 10.6 Å². The second kappa shape index (κ2) is 10.3. The zero-order chi connectivity index (χ0) is 25.9. The van der Waals surface area contributed by atoms with Gasteiger partial charge in [0, 0.05) is 24.2 Å². The molecule has 0 fully saturated rings. The number of anilines is 1. The number of thiazole rings is 1. The van der Waals surface area contributed by atoms with E-state index in [2.05, 4.69) is 40.5 Å². The van der Waals surface area contributed by atoms with Gasteiger partial charge in [-0.15, -0.1) is 11.3 Å². The number of hydrogen-bond donors (Lipinski definition) is 2. The first-order valence-electron chi connectivity index (χ1n) is 10.00. The molecule has 1 unspecified atom stereocenters. The molecule has 0 aromatic carbocycles. The zero-order valence-corrected chi connectivity index (χ0v) is 19.7. The van der Waals surface area contributed by atoms with E-state index in [0.717, 1.165) is 17.5 Å². The van der Waals surface area contributed by atoms with Crippen LogP contribution in [0.1, 0.15) is 43.7 Å². The van der Waals surface area contributed by atoms with Crippen LogP contribution in [0.15, 0.2) is 49.6 Å². The standard InChI is InChI=1S/C21H14ClF3N8O2S/c1-10(32-18(34)15-3-14(30-9-31-15)11-4-26-8-27-5-11)20-29-7-16(36-20)19(35)33-17-2-12(21(23,24)25)13(22)6-28-17/h2-10H,1H3,(H,32,34)(H,28,33,35). The number of carbonyl (C=O) groups is 2. The first-order valence-corrected chi connectivity index (χ1v) is 11.2. The van der Waals surface area contributed by atoms with Crippen LogP contribution in [0.4, 0.5) is 19.0 Å². The van der Waals surface area contributed by atoms with Crippen molar-refractivity contribution >= 4 is 40.6 Å². The van der Waals surface area contributed by atoms with E-state index in [0.29, 0.717) is 22.3 Å². The van der Waals surface area contributed by atoms with Crippen LogP contribution in [0.25, 0.3) is 11.3 Å². The number of carbonyl (C=O) groups excluding carboxylic acids is 2. The minimum Gasteiger partial charge on any atom is -0.342 e. The van der Waals surface area contributed by atoms with Gasteiger partial charge in [-0.1, -0.05) is 11.6 Å². The van der Waals surface area contributed by atoms with E-state index in [1.807, 2.05) is 0 Å². The summed E-state index contributed by atoms with van der Waals surface area (Å²) in [7, 11) is 0. The normalized spacial score (nSPS) is 12.1. The third-order valence-electron chi connectivity index (χ3n) is 4.62. The summed E-state index contributed by atoms with van der Waals surface area (Å²) in [6, 6.07) is 1.52. The summed E-state index contributed by atoms with van der Waals surface area (Å²) in [5, 5.41) is 4.82. The van der Waals surface area contributed by atoms with Crippen molar-refractivity contribution in [2.75, 3.05) is 5.32 Å². The molecule has 4 heterocycles. The molecule has 4 aromatic heterocycles. The zero-order valence-electron chi connectivity index (χ0n) is 18.1. The quantitative estimate of drug-likeness (QED) is 0.376. The Kier molecular flexibility index (Phi) is 7.17. The van der Waals surface area contributed by atoms with Crippen molar-refractivity contribution < 1.29 is 22.8 Å². The van der Waals surface area contributed by atoms with Crippen molar-refractivity contribution in [3.05, 3.63) is 75.7 Å². The number of aromatic nitrogens is 6. The largest absolute Gasteiger partial charge is 0.418 e. The Morgan fingerprint density at radius 3 is 2.44 bits per heavy atom. The van der Waals surface area contributed by atoms with Crippen LogP contribution in [0.3, 0.4) is 0 Å². The Morgan fingerprint density at radius 2 is 1.72 bits per heavy atom. The average Bonchev–Trinajstić information content (AvgIpc) is 3.36. The molecule has 0 aliphatic carbocycles. The Hall–Kier alpha value is -4.04. The highest BCUT2D eigenvalue weighted by molar-refractivity contribution is 7.13. The average molecular weight is 535 g/mol. The van der Waals surface area contributed by atoms with E-state index < -0.39 is 34.6 Å². The van der Waals surface area contributed by atoms with E-state index in [9.17, 15) is 22.8 Å². The third-order valence-corrected chi connectivity index (χ3v) is 6.10. The van der Waals surface area contributed by atoms with Crippen LogP contribution >= 0.6 is 22.9 Å². The van der Waals surface area contributed by atoms with E-state index in [4.69, 9.17) is 11.6 Å². The summed E-state index contributed by atoms with van der Waals surface area (Å²) >= 11 is 6.50. The van der Waals surface area contributed by atoms with Gasteiger partial charge in [0.05, 0.1) is 28.5 Å². The molecule has 0 radical (unpaired) electrons.